The molecule has 14 heteroatoms. The number of halogens is 3. The first-order chi connectivity index (χ1) is 18.3. The van der Waals surface area contributed by atoms with Crippen LogP contribution in [0.25, 0.3) is 11.1 Å². The van der Waals surface area contributed by atoms with Crippen LogP contribution >= 0.6 is 23.2 Å². The third-order valence-electron chi connectivity index (χ3n) is 5.76. The Balaban J connectivity index is 1.49. The number of benzene rings is 3. The quantitative estimate of drug-likeness (QED) is 0.233. The van der Waals surface area contributed by atoms with Gasteiger partial charge in [0.2, 0.25) is 16.0 Å². The van der Waals surface area contributed by atoms with Crippen LogP contribution in [0.1, 0.15) is 16.8 Å². The predicted octanol–water partition coefficient (Wildman–Crippen LogP) is 4.54. The van der Waals surface area contributed by atoms with E-state index < -0.39 is 25.1 Å². The third kappa shape index (κ3) is 7.02. The Morgan fingerprint density at radius 3 is 2.13 bits per heavy atom. The molecule has 1 heterocycles. The fourth-order valence-corrected chi connectivity index (χ4v) is 5.67. The second kappa shape index (κ2) is 11.4. The number of rotatable bonds is 9. The third-order valence-corrected chi connectivity index (χ3v) is 8.75. The topological polar surface area (TPSA) is 158 Å². The molecule has 0 aliphatic heterocycles. The molecular formula is C25H22Cl2FN5O4S2. The normalized spacial score (nSPS) is 12.0. The van der Waals surface area contributed by atoms with Crippen LogP contribution in [0, 0.1) is 0 Å². The maximum absolute atomic E-state index is 13.1. The molecule has 3 aromatic carbocycles. The molecule has 1 aromatic heterocycles. The highest BCUT2D eigenvalue weighted by Gasteiger charge is 2.18. The van der Waals surface area contributed by atoms with Crippen molar-refractivity contribution in [2.24, 2.45) is 0 Å². The summed E-state index contributed by atoms with van der Waals surface area (Å²) in [5.41, 5.74) is 15.5. The molecule has 0 aliphatic carbocycles. The number of aryl methyl sites for hydroxylation is 2. The van der Waals surface area contributed by atoms with Gasteiger partial charge in [0.05, 0.1) is 25.5 Å². The summed E-state index contributed by atoms with van der Waals surface area (Å²) in [5, 5.41) is 0.754. The van der Waals surface area contributed by atoms with E-state index in [1.54, 1.807) is 30.3 Å². The Labute approximate surface area is 235 Å². The van der Waals surface area contributed by atoms with Crippen molar-refractivity contribution >= 4 is 55.2 Å². The first-order valence-corrected chi connectivity index (χ1v) is 15.0. The average Bonchev–Trinajstić information content (AvgIpc) is 2.88. The minimum absolute atomic E-state index is 0.0265. The summed E-state index contributed by atoms with van der Waals surface area (Å²) in [6.07, 6.45) is 0.982. The first-order valence-electron chi connectivity index (χ1n) is 11.3. The maximum Gasteiger partial charge on any atom is 0.332 e. The van der Waals surface area contributed by atoms with E-state index in [0.29, 0.717) is 45.3 Å². The van der Waals surface area contributed by atoms with Crippen molar-refractivity contribution in [1.29, 1.82) is 0 Å². The molecule has 0 bridgehead atoms. The van der Waals surface area contributed by atoms with Gasteiger partial charge in [-0.25, -0.2) is 18.1 Å². The van der Waals surface area contributed by atoms with E-state index in [2.05, 4.69) is 14.7 Å². The van der Waals surface area contributed by atoms with Crippen LogP contribution in [0.2, 0.25) is 10.0 Å². The summed E-state index contributed by atoms with van der Waals surface area (Å²) in [5.74, 6) is 0.239. The van der Waals surface area contributed by atoms with Gasteiger partial charge in [0.15, 0.2) is 0 Å². The number of sulfonamides is 1. The van der Waals surface area contributed by atoms with E-state index in [1.807, 2.05) is 12.1 Å². The predicted molar refractivity (Wildman–Crippen MR) is 149 cm³/mol. The summed E-state index contributed by atoms with van der Waals surface area (Å²) in [6.45, 7) is -0.0265. The molecule has 0 spiro atoms. The molecule has 0 amide bonds. The number of nitrogens with two attached hydrogens (primary N) is 2. The maximum atomic E-state index is 13.1. The van der Waals surface area contributed by atoms with Crippen LogP contribution < -0.4 is 16.2 Å². The van der Waals surface area contributed by atoms with Crippen molar-refractivity contribution in [3.63, 3.8) is 0 Å². The SMILES string of the molecule is Nc1nc(N)c(-c2ccc(Cl)c(Cl)c2)c(CCc2cccc(CNS(=O)(=O)c3ccc(S(=O)(=O)F)cc3)c2)n1. The van der Waals surface area contributed by atoms with Crippen molar-refractivity contribution in [2.75, 3.05) is 11.5 Å². The van der Waals surface area contributed by atoms with Gasteiger partial charge in [-0.3, -0.25) is 0 Å². The van der Waals surface area contributed by atoms with Crippen molar-refractivity contribution in [1.82, 2.24) is 14.7 Å². The Morgan fingerprint density at radius 1 is 0.795 bits per heavy atom. The molecule has 0 fully saturated rings. The number of aromatic nitrogens is 2. The molecule has 0 unspecified atom stereocenters. The lowest BCUT2D eigenvalue weighted by Gasteiger charge is -2.13. The van der Waals surface area contributed by atoms with Gasteiger partial charge in [-0.05, 0) is 65.9 Å². The zero-order chi connectivity index (χ0) is 28.4. The molecular weight excluding hydrogens is 588 g/mol. The van der Waals surface area contributed by atoms with Gasteiger partial charge in [0.25, 0.3) is 0 Å². The lowest BCUT2D eigenvalue weighted by molar-refractivity contribution is 0.551. The van der Waals surface area contributed by atoms with Crippen molar-refractivity contribution < 1.29 is 20.7 Å². The Kier molecular flexibility index (Phi) is 8.42. The second-order valence-corrected chi connectivity index (χ2v) is 12.4. The minimum atomic E-state index is -4.93. The molecule has 0 aliphatic rings. The van der Waals surface area contributed by atoms with Crippen LogP contribution in [0.4, 0.5) is 15.7 Å². The van der Waals surface area contributed by atoms with Crippen molar-refractivity contribution in [3.05, 3.63) is 93.6 Å². The van der Waals surface area contributed by atoms with Gasteiger partial charge in [-0.15, -0.1) is 3.89 Å². The molecule has 0 saturated carbocycles. The zero-order valence-electron chi connectivity index (χ0n) is 20.1. The van der Waals surface area contributed by atoms with Crippen LogP contribution in [0.5, 0.6) is 0 Å². The molecule has 39 heavy (non-hydrogen) atoms. The van der Waals surface area contributed by atoms with E-state index in [-0.39, 0.29) is 23.2 Å². The molecule has 4 rings (SSSR count). The standard InChI is InChI=1S/C25H22Cl2FN5O4S2/c26-20-10-5-17(13-21(20)27)23-22(32-25(30)33-24(23)29)11-4-15-2-1-3-16(12-15)14-31-39(36,37)19-8-6-18(7-9-19)38(28,34)35/h1-3,5-10,12-13,31H,4,11,14H2,(H4,29,30,32,33). The molecule has 4 aromatic rings. The monoisotopic (exact) mass is 609 g/mol. The molecule has 0 radical (unpaired) electrons. The van der Waals surface area contributed by atoms with E-state index in [0.717, 1.165) is 29.8 Å². The lowest BCUT2D eigenvalue weighted by Crippen LogP contribution is -2.23. The lowest BCUT2D eigenvalue weighted by atomic mass is 9.99. The van der Waals surface area contributed by atoms with Crippen molar-refractivity contribution in [3.8, 4) is 11.1 Å². The van der Waals surface area contributed by atoms with E-state index in [1.165, 1.54) is 0 Å². The number of nitrogen functional groups attached to an aromatic ring is 2. The summed E-state index contributed by atoms with van der Waals surface area (Å²) in [4.78, 5) is 7.64. The van der Waals surface area contributed by atoms with E-state index in [9.17, 15) is 20.7 Å². The highest BCUT2D eigenvalue weighted by atomic mass is 35.5. The van der Waals surface area contributed by atoms with E-state index in [4.69, 9.17) is 34.7 Å². The van der Waals surface area contributed by atoms with Gasteiger partial charge in [-0.2, -0.15) is 13.4 Å². The molecule has 204 valence electrons. The minimum Gasteiger partial charge on any atom is -0.383 e. The smallest absolute Gasteiger partial charge is 0.332 e. The first kappa shape index (κ1) is 28.7. The van der Waals surface area contributed by atoms with Crippen LogP contribution in [0.15, 0.2) is 76.5 Å². The number of nitrogens with one attached hydrogen (secondary N) is 1. The van der Waals surface area contributed by atoms with E-state index >= 15 is 0 Å². The van der Waals surface area contributed by atoms with Gasteiger partial charge < -0.3 is 11.5 Å². The van der Waals surface area contributed by atoms with Crippen LogP contribution in [-0.2, 0) is 39.6 Å². The number of anilines is 2. The number of hydrogen-bond donors (Lipinski definition) is 3. The fraction of sp³-hybridized carbons (Fsp3) is 0.120. The Morgan fingerprint density at radius 2 is 1.46 bits per heavy atom. The number of nitrogens with zero attached hydrogens (tertiary/aromatic N) is 2. The van der Waals surface area contributed by atoms with Crippen LogP contribution in [-0.4, -0.2) is 26.8 Å². The fourth-order valence-electron chi connectivity index (χ4n) is 3.89. The van der Waals surface area contributed by atoms with Crippen LogP contribution in [0.3, 0.4) is 0 Å². The summed E-state index contributed by atoms with van der Waals surface area (Å²) in [6, 6.07) is 16.2. The highest BCUT2D eigenvalue weighted by molar-refractivity contribution is 7.89. The van der Waals surface area contributed by atoms with Gasteiger partial charge >= 0.3 is 10.2 Å². The molecule has 9 nitrogen and oxygen atoms in total. The second-order valence-electron chi connectivity index (χ2n) is 8.47. The number of hydrogen-bond acceptors (Lipinski definition) is 8. The van der Waals surface area contributed by atoms with Gasteiger partial charge in [0.1, 0.15) is 5.82 Å². The molecule has 0 atom stereocenters. The van der Waals surface area contributed by atoms with Gasteiger partial charge in [-0.1, -0.05) is 53.5 Å². The average molecular weight is 611 g/mol. The summed E-state index contributed by atoms with van der Waals surface area (Å²) in [7, 11) is -8.90. The summed E-state index contributed by atoms with van der Waals surface area (Å²) >= 11 is 12.2. The zero-order valence-corrected chi connectivity index (χ0v) is 23.2. The highest BCUT2D eigenvalue weighted by Crippen LogP contribution is 2.33. The van der Waals surface area contributed by atoms with Gasteiger partial charge in [0, 0.05) is 12.1 Å². The molecule has 5 N–H and O–H groups in total. The Bertz CT molecular complexity index is 1750. The van der Waals surface area contributed by atoms with Crippen molar-refractivity contribution in [2.45, 2.75) is 29.2 Å². The Hall–Kier alpha value is -3.29. The largest absolute Gasteiger partial charge is 0.383 e. The molecule has 0 saturated heterocycles. The summed E-state index contributed by atoms with van der Waals surface area (Å²) < 4.78 is 62.7.